The van der Waals surface area contributed by atoms with E-state index >= 15 is 0 Å². The molecule has 2 aromatic heterocycles. The number of amides is 1. The van der Waals surface area contributed by atoms with E-state index in [1.54, 1.807) is 10.9 Å². The van der Waals surface area contributed by atoms with Gasteiger partial charge in [0.1, 0.15) is 5.15 Å². The Balaban J connectivity index is 1.47. The van der Waals surface area contributed by atoms with Gasteiger partial charge in [0.15, 0.2) is 11.8 Å². The molecule has 0 aliphatic carbocycles. The Kier molecular flexibility index (Phi) is 6.25. The molecule has 1 atom stereocenters. The maximum Gasteiger partial charge on any atom is 0.256 e. The summed E-state index contributed by atoms with van der Waals surface area (Å²) < 4.78 is 7.34. The number of carbonyl (C=O) groups excluding carboxylic acids is 1. The highest BCUT2D eigenvalue weighted by atomic mass is 35.5. The maximum absolute atomic E-state index is 13.0. The summed E-state index contributed by atoms with van der Waals surface area (Å²) in [5, 5.41) is 7.95. The van der Waals surface area contributed by atoms with Crippen LogP contribution in [0.3, 0.4) is 0 Å². The number of rotatable bonds is 7. The summed E-state index contributed by atoms with van der Waals surface area (Å²) in [5.74, 6) is 0.716. The van der Waals surface area contributed by atoms with Crippen LogP contribution < -0.4 is 10.2 Å². The molecule has 0 unspecified atom stereocenters. The average Bonchev–Trinajstić information content (AvgIpc) is 3.48. The molecule has 1 fully saturated rings. The Hall–Kier alpha value is -2.57. The van der Waals surface area contributed by atoms with Gasteiger partial charge in [-0.25, -0.2) is 4.68 Å². The molecule has 30 heavy (non-hydrogen) atoms. The number of halogens is 1. The van der Waals surface area contributed by atoms with Gasteiger partial charge in [-0.1, -0.05) is 41.4 Å². The highest BCUT2D eigenvalue weighted by Crippen LogP contribution is 2.21. The zero-order valence-corrected chi connectivity index (χ0v) is 18.2. The molecule has 2 N–H and O–H groups in total. The van der Waals surface area contributed by atoms with Gasteiger partial charge in [0.25, 0.3) is 5.91 Å². The van der Waals surface area contributed by atoms with Crippen molar-refractivity contribution in [2.24, 2.45) is 0 Å². The predicted molar refractivity (Wildman–Crippen MR) is 116 cm³/mol. The number of aryl methyl sites for hydroxylation is 2. The number of quaternary nitrogens is 1. The first kappa shape index (κ1) is 20.7. The molecule has 1 saturated heterocycles. The smallest absolute Gasteiger partial charge is 0.256 e. The SMILES string of the molecule is Cc1ccc(Cn2nc(C)c(C(=O)NC[C@H](c3ccco3)[NH+]3CCCC3)c2Cl)cc1. The molecule has 3 heterocycles. The van der Waals surface area contributed by atoms with Crippen molar-refractivity contribution in [3.8, 4) is 0 Å². The first-order chi connectivity index (χ1) is 14.5. The number of carbonyl (C=O) groups is 1. The highest BCUT2D eigenvalue weighted by Gasteiger charge is 2.30. The van der Waals surface area contributed by atoms with E-state index in [2.05, 4.69) is 41.6 Å². The van der Waals surface area contributed by atoms with Crippen LogP contribution in [0.1, 0.15) is 51.8 Å². The quantitative estimate of drug-likeness (QED) is 0.609. The minimum atomic E-state index is -0.192. The first-order valence-electron chi connectivity index (χ1n) is 10.5. The molecular formula is C23H28ClN4O2+. The zero-order valence-electron chi connectivity index (χ0n) is 17.5. The number of nitrogens with one attached hydrogen (secondary N) is 2. The second-order valence-corrected chi connectivity index (χ2v) is 8.40. The van der Waals surface area contributed by atoms with E-state index in [4.69, 9.17) is 16.0 Å². The van der Waals surface area contributed by atoms with Crippen LogP contribution in [0.2, 0.25) is 5.15 Å². The lowest BCUT2D eigenvalue weighted by atomic mass is 10.1. The van der Waals surface area contributed by atoms with Crippen LogP contribution in [0.25, 0.3) is 0 Å². The molecule has 3 aromatic rings. The van der Waals surface area contributed by atoms with Crippen molar-refractivity contribution in [3.05, 3.63) is 76.0 Å². The van der Waals surface area contributed by atoms with Crippen molar-refractivity contribution >= 4 is 17.5 Å². The van der Waals surface area contributed by atoms with Crippen LogP contribution in [0.15, 0.2) is 47.1 Å². The molecule has 158 valence electrons. The van der Waals surface area contributed by atoms with E-state index in [1.807, 2.05) is 19.1 Å². The maximum atomic E-state index is 13.0. The number of nitrogens with zero attached hydrogens (tertiary/aromatic N) is 2. The molecule has 1 aliphatic rings. The fourth-order valence-corrected chi connectivity index (χ4v) is 4.50. The van der Waals surface area contributed by atoms with Crippen LogP contribution >= 0.6 is 11.6 Å². The predicted octanol–water partition coefficient (Wildman–Crippen LogP) is 2.94. The van der Waals surface area contributed by atoms with Gasteiger partial charge in [0.2, 0.25) is 0 Å². The topological polar surface area (TPSA) is 64.5 Å². The van der Waals surface area contributed by atoms with Crippen LogP contribution in [0.4, 0.5) is 0 Å². The van der Waals surface area contributed by atoms with Crippen LogP contribution in [0, 0.1) is 13.8 Å². The number of aromatic nitrogens is 2. The number of furan rings is 1. The lowest BCUT2D eigenvalue weighted by Crippen LogP contribution is -3.11. The van der Waals surface area contributed by atoms with Crippen LogP contribution in [0.5, 0.6) is 0 Å². The third-order valence-electron chi connectivity index (χ3n) is 5.84. The highest BCUT2D eigenvalue weighted by molar-refractivity contribution is 6.33. The van der Waals surface area contributed by atoms with Gasteiger partial charge in [0, 0.05) is 12.8 Å². The molecule has 6 nitrogen and oxygen atoms in total. The van der Waals surface area contributed by atoms with Crippen molar-refractivity contribution < 1.29 is 14.1 Å². The molecule has 1 aromatic carbocycles. The second kappa shape index (κ2) is 9.06. The lowest BCUT2D eigenvalue weighted by molar-refractivity contribution is -0.919. The average molecular weight is 428 g/mol. The van der Waals surface area contributed by atoms with Crippen molar-refractivity contribution in [3.63, 3.8) is 0 Å². The largest absolute Gasteiger partial charge is 0.463 e. The minimum absolute atomic E-state index is 0.105. The molecular weight excluding hydrogens is 400 g/mol. The molecule has 1 amide bonds. The van der Waals surface area contributed by atoms with E-state index < -0.39 is 0 Å². The summed E-state index contributed by atoms with van der Waals surface area (Å²) in [7, 11) is 0. The van der Waals surface area contributed by atoms with Gasteiger partial charge in [-0.2, -0.15) is 5.10 Å². The van der Waals surface area contributed by atoms with Crippen LogP contribution in [-0.4, -0.2) is 35.3 Å². The van der Waals surface area contributed by atoms with Crippen molar-refractivity contribution in [1.29, 1.82) is 0 Å². The fraction of sp³-hybridized carbons (Fsp3) is 0.391. The third kappa shape index (κ3) is 4.45. The normalized spacial score (nSPS) is 15.4. The van der Waals surface area contributed by atoms with Crippen molar-refractivity contribution in [1.82, 2.24) is 15.1 Å². The molecule has 4 rings (SSSR count). The van der Waals surface area contributed by atoms with Gasteiger partial charge in [-0.05, 0) is 31.5 Å². The molecule has 7 heteroatoms. The molecule has 0 radical (unpaired) electrons. The van der Waals surface area contributed by atoms with Gasteiger partial charge in [0.05, 0.1) is 43.7 Å². The van der Waals surface area contributed by atoms with E-state index in [1.165, 1.54) is 23.3 Å². The number of benzene rings is 1. The molecule has 0 spiro atoms. The van der Waals surface area contributed by atoms with E-state index in [0.717, 1.165) is 24.4 Å². The second-order valence-electron chi connectivity index (χ2n) is 8.04. The lowest BCUT2D eigenvalue weighted by Gasteiger charge is -2.23. The fourth-order valence-electron chi connectivity index (χ4n) is 4.18. The van der Waals surface area contributed by atoms with E-state index in [9.17, 15) is 4.79 Å². The Morgan fingerprint density at radius 2 is 1.97 bits per heavy atom. The molecule has 0 saturated carbocycles. The number of hydrogen-bond donors (Lipinski definition) is 2. The Labute approximate surface area is 181 Å². The minimum Gasteiger partial charge on any atom is -0.463 e. The van der Waals surface area contributed by atoms with E-state index in [0.29, 0.717) is 29.5 Å². The number of likely N-dealkylation sites (tertiary alicyclic amines) is 1. The first-order valence-corrected chi connectivity index (χ1v) is 10.9. The Morgan fingerprint density at radius 1 is 1.23 bits per heavy atom. The summed E-state index contributed by atoms with van der Waals surface area (Å²) in [4.78, 5) is 14.4. The van der Waals surface area contributed by atoms with Crippen LogP contribution in [-0.2, 0) is 6.54 Å². The number of hydrogen-bond acceptors (Lipinski definition) is 3. The molecule has 1 aliphatic heterocycles. The summed E-state index contributed by atoms with van der Waals surface area (Å²) in [6.07, 6.45) is 4.10. The van der Waals surface area contributed by atoms with Gasteiger partial charge in [-0.3, -0.25) is 4.79 Å². The Morgan fingerprint density at radius 3 is 2.63 bits per heavy atom. The zero-order chi connectivity index (χ0) is 21.1. The van der Waals surface area contributed by atoms with Crippen molar-refractivity contribution in [2.45, 2.75) is 39.3 Å². The third-order valence-corrected chi connectivity index (χ3v) is 6.22. The van der Waals surface area contributed by atoms with Gasteiger partial charge >= 0.3 is 0 Å². The molecule has 0 bridgehead atoms. The van der Waals surface area contributed by atoms with Crippen molar-refractivity contribution in [2.75, 3.05) is 19.6 Å². The summed E-state index contributed by atoms with van der Waals surface area (Å²) in [6.45, 7) is 7.09. The van der Waals surface area contributed by atoms with E-state index in [-0.39, 0.29) is 11.9 Å². The summed E-state index contributed by atoms with van der Waals surface area (Å²) in [6, 6.07) is 12.2. The summed E-state index contributed by atoms with van der Waals surface area (Å²) >= 11 is 6.56. The monoisotopic (exact) mass is 427 g/mol. The summed E-state index contributed by atoms with van der Waals surface area (Å²) in [5.41, 5.74) is 3.37. The Bertz CT molecular complexity index is 989. The standard InChI is InChI=1S/C23H27ClN4O2/c1-16-7-9-18(10-8-16)15-28-22(24)21(17(2)26-28)23(29)25-14-19(20-6-5-13-30-20)27-11-3-4-12-27/h5-10,13,19H,3-4,11-12,14-15H2,1-2H3,(H,25,29)/p+1/t19-/m1/s1. The van der Waals surface area contributed by atoms with Gasteiger partial charge < -0.3 is 14.6 Å². The van der Waals surface area contributed by atoms with Gasteiger partial charge in [-0.15, -0.1) is 0 Å².